The fourth-order valence-corrected chi connectivity index (χ4v) is 2.56. The third-order valence-corrected chi connectivity index (χ3v) is 4.01. The Morgan fingerprint density at radius 3 is 2.32 bits per heavy atom. The van der Waals surface area contributed by atoms with E-state index in [0.29, 0.717) is 5.69 Å². The van der Waals surface area contributed by atoms with Crippen LogP contribution in [0.5, 0.6) is 0 Å². The number of para-hydroxylation sites is 1. The Balaban J connectivity index is 2.17. The van der Waals surface area contributed by atoms with Crippen molar-refractivity contribution in [2.24, 2.45) is 5.73 Å². The number of carbonyl (C=O) groups excluding carboxylic acids is 3. The Hall–Kier alpha value is -2.67. The molecule has 0 radical (unpaired) electrons. The van der Waals surface area contributed by atoms with Gasteiger partial charge in [0.1, 0.15) is 6.04 Å². The zero-order valence-electron chi connectivity index (χ0n) is 13.6. The largest absolute Gasteiger partial charge is 0.368 e. The average Bonchev–Trinajstić information content (AvgIpc) is 2.56. The van der Waals surface area contributed by atoms with Gasteiger partial charge < -0.3 is 16.4 Å². The van der Waals surface area contributed by atoms with E-state index in [1.807, 2.05) is 24.3 Å². The normalized spacial score (nSPS) is 11.4. The fraction of sp³-hybridized carbons (Fsp3) is 0.167. The number of nitrogens with two attached hydrogens (primary N) is 1. The summed E-state index contributed by atoms with van der Waals surface area (Å²) in [5.41, 5.74) is 6.93. The number of hydrogen-bond donors (Lipinski definition) is 3. The summed E-state index contributed by atoms with van der Waals surface area (Å²) in [7, 11) is 0. The van der Waals surface area contributed by atoms with Crippen LogP contribution in [0.2, 0.25) is 0 Å². The summed E-state index contributed by atoms with van der Waals surface area (Å²) >= 11 is 3.34. The molecule has 6 nitrogen and oxygen atoms in total. The molecule has 0 spiro atoms. The van der Waals surface area contributed by atoms with E-state index < -0.39 is 17.9 Å². The average molecular weight is 404 g/mol. The summed E-state index contributed by atoms with van der Waals surface area (Å²) in [6, 6.07) is 13.1. The van der Waals surface area contributed by atoms with Crippen molar-refractivity contribution in [3.63, 3.8) is 0 Å². The maximum absolute atomic E-state index is 12.5. The van der Waals surface area contributed by atoms with Gasteiger partial charge in [0.15, 0.2) is 0 Å². The summed E-state index contributed by atoms with van der Waals surface area (Å²) in [6.07, 6.45) is 0.274. The van der Waals surface area contributed by atoms with Crippen LogP contribution in [-0.2, 0) is 16.0 Å². The molecule has 0 aromatic heterocycles. The predicted molar refractivity (Wildman–Crippen MR) is 99.0 cm³/mol. The number of hydrogen-bond acceptors (Lipinski definition) is 3. The molecule has 0 aliphatic heterocycles. The zero-order chi connectivity index (χ0) is 18.4. The Kier molecular flexibility index (Phi) is 6.30. The second kappa shape index (κ2) is 8.43. The lowest BCUT2D eigenvalue weighted by Crippen LogP contribution is -2.46. The van der Waals surface area contributed by atoms with Crippen molar-refractivity contribution < 1.29 is 14.4 Å². The maximum Gasteiger partial charge on any atom is 0.254 e. The van der Waals surface area contributed by atoms with Crippen LogP contribution in [0.4, 0.5) is 5.69 Å². The van der Waals surface area contributed by atoms with Crippen molar-refractivity contribution in [2.75, 3.05) is 5.32 Å². The molecule has 25 heavy (non-hydrogen) atoms. The number of carbonyl (C=O) groups is 3. The SMILES string of the molecule is CC(=O)Nc1ccccc1C(=O)N[C@H](Cc1ccc(Br)cc1)C(N)=O. The lowest BCUT2D eigenvalue weighted by atomic mass is 10.0. The maximum atomic E-state index is 12.5. The number of nitrogens with one attached hydrogen (secondary N) is 2. The van der Waals surface area contributed by atoms with Gasteiger partial charge in [-0.2, -0.15) is 0 Å². The summed E-state index contributed by atoms with van der Waals surface area (Å²) in [5.74, 6) is -1.40. The van der Waals surface area contributed by atoms with Gasteiger partial charge in [-0.25, -0.2) is 0 Å². The van der Waals surface area contributed by atoms with Gasteiger partial charge in [-0.05, 0) is 29.8 Å². The van der Waals surface area contributed by atoms with Gasteiger partial charge in [-0.15, -0.1) is 0 Å². The number of anilines is 1. The molecule has 2 rings (SSSR count). The Labute approximate surface area is 153 Å². The molecule has 0 bridgehead atoms. The smallest absolute Gasteiger partial charge is 0.254 e. The van der Waals surface area contributed by atoms with Gasteiger partial charge in [0, 0.05) is 17.8 Å². The van der Waals surface area contributed by atoms with Gasteiger partial charge >= 0.3 is 0 Å². The number of rotatable bonds is 6. The first-order valence-corrected chi connectivity index (χ1v) is 8.37. The van der Waals surface area contributed by atoms with Crippen LogP contribution in [0.3, 0.4) is 0 Å². The van der Waals surface area contributed by atoms with Crippen LogP contribution in [0.25, 0.3) is 0 Å². The fourth-order valence-electron chi connectivity index (χ4n) is 2.29. The van der Waals surface area contributed by atoms with E-state index in [0.717, 1.165) is 10.0 Å². The van der Waals surface area contributed by atoms with Crippen molar-refractivity contribution in [3.8, 4) is 0 Å². The van der Waals surface area contributed by atoms with E-state index >= 15 is 0 Å². The lowest BCUT2D eigenvalue weighted by Gasteiger charge is -2.17. The zero-order valence-corrected chi connectivity index (χ0v) is 15.2. The minimum atomic E-state index is -0.862. The molecule has 0 saturated carbocycles. The molecule has 0 aliphatic carbocycles. The first-order chi connectivity index (χ1) is 11.9. The standard InChI is InChI=1S/C18H18BrN3O3/c1-11(23)21-15-5-3-2-4-14(15)18(25)22-16(17(20)24)10-12-6-8-13(19)9-7-12/h2-9,16H,10H2,1H3,(H2,20,24)(H,21,23)(H,22,25)/t16-/m1/s1. The van der Waals surface area contributed by atoms with Crippen LogP contribution >= 0.6 is 15.9 Å². The highest BCUT2D eigenvalue weighted by molar-refractivity contribution is 9.10. The van der Waals surface area contributed by atoms with E-state index in [1.165, 1.54) is 6.92 Å². The lowest BCUT2D eigenvalue weighted by molar-refractivity contribution is -0.119. The van der Waals surface area contributed by atoms with Crippen molar-refractivity contribution >= 4 is 39.3 Å². The van der Waals surface area contributed by atoms with Crippen LogP contribution < -0.4 is 16.4 Å². The van der Waals surface area contributed by atoms with Crippen LogP contribution in [0.15, 0.2) is 53.0 Å². The second-order valence-corrected chi connectivity index (χ2v) is 6.40. The number of primary amides is 1. The Morgan fingerprint density at radius 1 is 1.08 bits per heavy atom. The molecule has 0 fully saturated rings. The molecule has 7 heteroatoms. The predicted octanol–water partition coefficient (Wildman–Crippen LogP) is 2.23. The first-order valence-electron chi connectivity index (χ1n) is 7.58. The molecule has 0 saturated heterocycles. The third kappa shape index (κ3) is 5.42. The number of halogens is 1. The van der Waals surface area contributed by atoms with E-state index in [-0.39, 0.29) is 17.9 Å². The van der Waals surface area contributed by atoms with Gasteiger partial charge in [-0.1, -0.05) is 40.2 Å². The summed E-state index contributed by atoms with van der Waals surface area (Å²) < 4.78 is 0.917. The molecule has 1 atom stereocenters. The molecular weight excluding hydrogens is 386 g/mol. The molecule has 3 amide bonds. The highest BCUT2D eigenvalue weighted by Crippen LogP contribution is 2.16. The van der Waals surface area contributed by atoms with Crippen molar-refractivity contribution in [1.82, 2.24) is 5.32 Å². The van der Waals surface area contributed by atoms with E-state index in [2.05, 4.69) is 26.6 Å². The van der Waals surface area contributed by atoms with Crippen LogP contribution in [-0.4, -0.2) is 23.8 Å². The van der Waals surface area contributed by atoms with Gasteiger partial charge in [-0.3, -0.25) is 14.4 Å². The van der Waals surface area contributed by atoms with Crippen molar-refractivity contribution in [2.45, 2.75) is 19.4 Å². The van der Waals surface area contributed by atoms with Gasteiger partial charge in [0.2, 0.25) is 11.8 Å². The monoisotopic (exact) mass is 403 g/mol. The molecule has 2 aromatic rings. The van der Waals surface area contributed by atoms with E-state index in [9.17, 15) is 14.4 Å². The number of benzene rings is 2. The minimum Gasteiger partial charge on any atom is -0.368 e. The topological polar surface area (TPSA) is 101 Å². The van der Waals surface area contributed by atoms with E-state index in [1.54, 1.807) is 24.3 Å². The summed E-state index contributed by atoms with van der Waals surface area (Å²) in [6.45, 7) is 1.36. The van der Waals surface area contributed by atoms with Gasteiger partial charge in [0.05, 0.1) is 11.3 Å². The number of amides is 3. The van der Waals surface area contributed by atoms with Crippen molar-refractivity contribution in [1.29, 1.82) is 0 Å². The van der Waals surface area contributed by atoms with Crippen LogP contribution in [0, 0.1) is 0 Å². The summed E-state index contributed by atoms with van der Waals surface area (Å²) in [5, 5.41) is 5.22. The quantitative estimate of drug-likeness (QED) is 0.688. The highest BCUT2D eigenvalue weighted by atomic mass is 79.9. The third-order valence-electron chi connectivity index (χ3n) is 3.48. The Morgan fingerprint density at radius 2 is 1.72 bits per heavy atom. The van der Waals surface area contributed by atoms with Gasteiger partial charge in [0.25, 0.3) is 5.91 Å². The molecule has 0 aliphatic rings. The molecule has 0 unspecified atom stereocenters. The summed E-state index contributed by atoms with van der Waals surface area (Å²) in [4.78, 5) is 35.5. The highest BCUT2D eigenvalue weighted by Gasteiger charge is 2.21. The first kappa shape index (κ1) is 18.7. The Bertz CT molecular complexity index is 790. The molecule has 2 aromatic carbocycles. The molecule has 130 valence electrons. The molecule has 4 N–H and O–H groups in total. The minimum absolute atomic E-state index is 0.264. The van der Waals surface area contributed by atoms with Crippen molar-refractivity contribution in [3.05, 3.63) is 64.1 Å². The molecule has 0 heterocycles. The second-order valence-electron chi connectivity index (χ2n) is 5.49. The molecular formula is C18H18BrN3O3. The van der Waals surface area contributed by atoms with E-state index in [4.69, 9.17) is 5.73 Å². The van der Waals surface area contributed by atoms with Crippen LogP contribution in [0.1, 0.15) is 22.8 Å².